The Morgan fingerprint density at radius 1 is 1.12 bits per heavy atom. The molecule has 3 heterocycles. The zero-order valence-electron chi connectivity index (χ0n) is 14.2. The van der Waals surface area contributed by atoms with E-state index in [2.05, 4.69) is 30.1 Å². The molecular weight excluding hydrogens is 312 g/mol. The molecule has 1 fully saturated rings. The monoisotopic (exact) mass is 332 g/mol. The van der Waals surface area contributed by atoms with Gasteiger partial charge in [-0.05, 0) is 43.8 Å². The Morgan fingerprint density at radius 3 is 2.80 bits per heavy atom. The average Bonchev–Trinajstić information content (AvgIpc) is 3.20. The Bertz CT molecular complexity index is 928. The first-order valence-electron chi connectivity index (χ1n) is 8.82. The molecule has 1 aromatic heterocycles. The third-order valence-corrected chi connectivity index (χ3v) is 5.56. The van der Waals surface area contributed by atoms with Crippen LogP contribution in [0.4, 0.5) is 5.69 Å². The Kier molecular flexibility index (Phi) is 3.22. The van der Waals surface area contributed by atoms with Gasteiger partial charge in [0, 0.05) is 29.6 Å². The molecule has 25 heavy (non-hydrogen) atoms. The topological polar surface area (TPSA) is 36.7 Å². The van der Waals surface area contributed by atoms with E-state index in [-0.39, 0.29) is 11.9 Å². The highest BCUT2D eigenvalue weighted by Crippen LogP contribution is 2.45. The SMILES string of the molecule is CN1CCC2C(C1)c1ccccc1N2C(=O)c1cc2ccccc2o1. The van der Waals surface area contributed by atoms with Crippen LogP contribution in [0.5, 0.6) is 0 Å². The van der Waals surface area contributed by atoms with Crippen LogP contribution in [0.1, 0.15) is 28.5 Å². The summed E-state index contributed by atoms with van der Waals surface area (Å²) in [5.41, 5.74) is 3.08. The van der Waals surface area contributed by atoms with Crippen LogP contribution in [0.3, 0.4) is 0 Å². The summed E-state index contributed by atoms with van der Waals surface area (Å²) in [4.78, 5) is 17.7. The van der Waals surface area contributed by atoms with Crippen molar-refractivity contribution >= 4 is 22.6 Å². The maximum atomic E-state index is 13.3. The van der Waals surface area contributed by atoms with Crippen molar-refractivity contribution in [1.29, 1.82) is 0 Å². The fraction of sp³-hybridized carbons (Fsp3) is 0.286. The molecule has 1 amide bonds. The Balaban J connectivity index is 1.59. The molecular formula is C21H20N2O2. The summed E-state index contributed by atoms with van der Waals surface area (Å²) in [5.74, 6) is 0.777. The summed E-state index contributed by atoms with van der Waals surface area (Å²) in [6.07, 6.45) is 0.988. The molecule has 126 valence electrons. The van der Waals surface area contributed by atoms with E-state index in [1.165, 1.54) is 5.56 Å². The largest absolute Gasteiger partial charge is 0.451 e. The second-order valence-electron chi connectivity index (χ2n) is 7.11. The summed E-state index contributed by atoms with van der Waals surface area (Å²) in [6, 6.07) is 18.2. The van der Waals surface area contributed by atoms with Gasteiger partial charge in [-0.2, -0.15) is 0 Å². The number of carbonyl (C=O) groups excluding carboxylic acids is 1. The summed E-state index contributed by atoms with van der Waals surface area (Å²) in [7, 11) is 2.16. The number of rotatable bonds is 1. The minimum absolute atomic E-state index is 0.0271. The van der Waals surface area contributed by atoms with Crippen LogP contribution in [-0.4, -0.2) is 37.0 Å². The fourth-order valence-electron chi connectivity index (χ4n) is 4.38. The van der Waals surface area contributed by atoms with Gasteiger partial charge in [-0.25, -0.2) is 0 Å². The van der Waals surface area contributed by atoms with Crippen LogP contribution in [0.2, 0.25) is 0 Å². The number of likely N-dealkylation sites (N-methyl/N-ethyl adjacent to an activating group) is 1. The van der Waals surface area contributed by atoms with E-state index in [1.807, 2.05) is 41.3 Å². The lowest BCUT2D eigenvalue weighted by molar-refractivity contribution is 0.0940. The van der Waals surface area contributed by atoms with Crippen molar-refractivity contribution in [3.8, 4) is 0 Å². The van der Waals surface area contributed by atoms with E-state index in [9.17, 15) is 4.79 Å². The van der Waals surface area contributed by atoms with Crippen molar-refractivity contribution in [3.63, 3.8) is 0 Å². The van der Waals surface area contributed by atoms with Crippen LogP contribution in [0, 0.1) is 0 Å². The van der Waals surface area contributed by atoms with Crippen LogP contribution in [0.15, 0.2) is 59.0 Å². The van der Waals surface area contributed by atoms with Gasteiger partial charge in [0.15, 0.2) is 5.76 Å². The van der Waals surface area contributed by atoms with Crippen LogP contribution in [0.25, 0.3) is 11.0 Å². The molecule has 4 nitrogen and oxygen atoms in total. The minimum atomic E-state index is -0.0271. The van der Waals surface area contributed by atoms with Crippen molar-refractivity contribution < 1.29 is 9.21 Å². The number of hydrogen-bond acceptors (Lipinski definition) is 3. The van der Waals surface area contributed by atoms with Crippen molar-refractivity contribution in [2.45, 2.75) is 18.4 Å². The summed E-state index contributed by atoms with van der Waals surface area (Å²) >= 11 is 0. The summed E-state index contributed by atoms with van der Waals surface area (Å²) < 4.78 is 5.86. The molecule has 2 aliphatic rings. The predicted molar refractivity (Wildman–Crippen MR) is 98.1 cm³/mol. The highest BCUT2D eigenvalue weighted by atomic mass is 16.3. The van der Waals surface area contributed by atoms with Gasteiger partial charge in [0.2, 0.25) is 0 Å². The molecule has 2 atom stereocenters. The molecule has 0 radical (unpaired) electrons. The predicted octanol–water partition coefficient (Wildman–Crippen LogP) is 3.88. The summed E-state index contributed by atoms with van der Waals surface area (Å²) in [5, 5.41) is 0.971. The normalized spacial score (nSPS) is 22.8. The van der Waals surface area contributed by atoms with Crippen molar-refractivity contribution in [1.82, 2.24) is 4.90 Å². The number of amides is 1. The number of furan rings is 1. The molecule has 5 rings (SSSR count). The first kappa shape index (κ1) is 14.7. The average molecular weight is 332 g/mol. The van der Waals surface area contributed by atoms with Gasteiger partial charge in [0.1, 0.15) is 5.58 Å². The summed E-state index contributed by atoms with van der Waals surface area (Å²) in [6.45, 7) is 2.00. The maximum absolute atomic E-state index is 13.3. The fourth-order valence-corrected chi connectivity index (χ4v) is 4.38. The van der Waals surface area contributed by atoms with Gasteiger partial charge in [-0.3, -0.25) is 4.79 Å². The first-order chi connectivity index (χ1) is 12.2. The Hall–Kier alpha value is -2.59. The smallest absolute Gasteiger partial charge is 0.294 e. The highest BCUT2D eigenvalue weighted by molar-refractivity contribution is 6.08. The number of hydrogen-bond donors (Lipinski definition) is 0. The zero-order valence-corrected chi connectivity index (χ0v) is 14.2. The highest BCUT2D eigenvalue weighted by Gasteiger charge is 2.44. The molecule has 2 aliphatic heterocycles. The molecule has 0 saturated carbocycles. The lowest BCUT2D eigenvalue weighted by Gasteiger charge is -2.36. The maximum Gasteiger partial charge on any atom is 0.294 e. The molecule has 0 spiro atoms. The van der Waals surface area contributed by atoms with Gasteiger partial charge in [0.25, 0.3) is 5.91 Å². The van der Waals surface area contributed by atoms with Gasteiger partial charge >= 0.3 is 0 Å². The molecule has 0 bridgehead atoms. The van der Waals surface area contributed by atoms with Crippen molar-refractivity contribution in [2.75, 3.05) is 25.0 Å². The Labute approximate surface area is 146 Å². The van der Waals surface area contributed by atoms with Crippen molar-refractivity contribution in [3.05, 3.63) is 65.9 Å². The third kappa shape index (κ3) is 2.21. The van der Waals surface area contributed by atoms with E-state index in [1.54, 1.807) is 0 Å². The number of carbonyl (C=O) groups is 1. The minimum Gasteiger partial charge on any atom is -0.451 e. The lowest BCUT2D eigenvalue weighted by Crippen LogP contribution is -2.47. The molecule has 2 aromatic carbocycles. The number of piperidine rings is 1. The Morgan fingerprint density at radius 2 is 1.92 bits per heavy atom. The van der Waals surface area contributed by atoms with Crippen LogP contribution < -0.4 is 4.90 Å². The number of likely N-dealkylation sites (tertiary alicyclic amines) is 1. The molecule has 3 aromatic rings. The number of fused-ring (bicyclic) bond motifs is 4. The zero-order chi connectivity index (χ0) is 17.0. The molecule has 1 saturated heterocycles. The molecule has 0 N–H and O–H groups in total. The van der Waals surface area contributed by atoms with Gasteiger partial charge in [0.05, 0.1) is 0 Å². The van der Waals surface area contributed by atoms with Crippen LogP contribution in [-0.2, 0) is 0 Å². The van der Waals surface area contributed by atoms with Gasteiger partial charge in [-0.1, -0.05) is 36.4 Å². The second kappa shape index (κ2) is 5.46. The third-order valence-electron chi connectivity index (χ3n) is 5.56. The molecule has 4 heteroatoms. The van der Waals surface area contributed by atoms with Crippen LogP contribution >= 0.6 is 0 Å². The number of nitrogens with zero attached hydrogens (tertiary/aromatic N) is 2. The molecule has 2 unspecified atom stereocenters. The lowest BCUT2D eigenvalue weighted by atomic mass is 9.89. The number of anilines is 1. The molecule has 0 aliphatic carbocycles. The van der Waals surface area contributed by atoms with E-state index < -0.39 is 0 Å². The number of benzene rings is 2. The van der Waals surface area contributed by atoms with E-state index in [4.69, 9.17) is 4.42 Å². The van der Waals surface area contributed by atoms with Gasteiger partial charge < -0.3 is 14.2 Å². The van der Waals surface area contributed by atoms with Crippen molar-refractivity contribution in [2.24, 2.45) is 0 Å². The van der Waals surface area contributed by atoms with Gasteiger partial charge in [-0.15, -0.1) is 0 Å². The van der Waals surface area contributed by atoms with E-state index in [0.29, 0.717) is 11.7 Å². The van der Waals surface area contributed by atoms with E-state index in [0.717, 1.165) is 36.2 Å². The second-order valence-corrected chi connectivity index (χ2v) is 7.11. The standard InChI is InChI=1S/C21H20N2O2/c1-22-11-10-18-16(13-22)15-7-3-4-8-17(15)23(18)21(24)20-12-14-6-2-5-9-19(14)25-20/h2-9,12,16,18H,10-11,13H2,1H3. The van der Waals surface area contributed by atoms with E-state index >= 15 is 0 Å². The first-order valence-corrected chi connectivity index (χ1v) is 8.82. The quantitative estimate of drug-likeness (QED) is 0.678. The number of para-hydroxylation sites is 2.